The molecular weight excluding hydrogens is 511 g/mol. The third kappa shape index (κ3) is 5.87. The molecule has 1 heterocycles. The molecule has 1 aliphatic heterocycles. The second kappa shape index (κ2) is 10.3. The van der Waals surface area contributed by atoms with Gasteiger partial charge in [0, 0.05) is 15.7 Å². The maximum absolute atomic E-state index is 13.2. The van der Waals surface area contributed by atoms with Crippen LogP contribution in [-0.4, -0.2) is 35.1 Å². The van der Waals surface area contributed by atoms with E-state index in [4.69, 9.17) is 16.3 Å². The minimum atomic E-state index is -0.620. The first kappa shape index (κ1) is 23.3. The van der Waals surface area contributed by atoms with Gasteiger partial charge in [-0.25, -0.2) is 4.39 Å². The summed E-state index contributed by atoms with van der Waals surface area (Å²) in [6, 6.07) is 9.06. The summed E-state index contributed by atoms with van der Waals surface area (Å²) < 4.78 is 19.7. The molecule has 1 N–H and O–H groups in total. The minimum Gasteiger partial charge on any atom is -0.493 e. The SMILES string of the molecule is CCCOc1ccc(Br)cc1/C=C1/SC(=O)N(CC(=O)Nc2ccc(F)c(Cl)c2)C1=O. The lowest BCUT2D eigenvalue weighted by Gasteiger charge is -2.13. The van der Waals surface area contributed by atoms with Crippen molar-refractivity contribution in [1.29, 1.82) is 0 Å². The van der Waals surface area contributed by atoms with E-state index in [-0.39, 0.29) is 15.6 Å². The summed E-state index contributed by atoms with van der Waals surface area (Å²) in [6.07, 6.45) is 2.39. The van der Waals surface area contributed by atoms with E-state index in [9.17, 15) is 18.8 Å². The number of carbonyl (C=O) groups is 3. The van der Waals surface area contributed by atoms with Crippen LogP contribution in [0.5, 0.6) is 5.75 Å². The number of halogens is 3. The molecule has 3 rings (SSSR count). The van der Waals surface area contributed by atoms with E-state index in [1.165, 1.54) is 12.1 Å². The normalized spacial score (nSPS) is 15.0. The number of rotatable bonds is 7. The van der Waals surface area contributed by atoms with Crippen molar-refractivity contribution in [3.63, 3.8) is 0 Å². The predicted molar refractivity (Wildman–Crippen MR) is 123 cm³/mol. The molecule has 162 valence electrons. The molecule has 3 amide bonds. The molecule has 0 atom stereocenters. The number of hydrogen-bond donors (Lipinski definition) is 1. The number of nitrogens with zero attached hydrogens (tertiary/aromatic N) is 1. The molecule has 0 bridgehead atoms. The fourth-order valence-corrected chi connectivity index (χ4v) is 4.06. The zero-order valence-electron chi connectivity index (χ0n) is 16.3. The quantitative estimate of drug-likeness (QED) is 0.467. The summed E-state index contributed by atoms with van der Waals surface area (Å²) in [7, 11) is 0. The molecular formula is C21H17BrClFN2O4S. The minimum absolute atomic E-state index is 0.151. The Hall–Kier alpha value is -2.36. The predicted octanol–water partition coefficient (Wildman–Crippen LogP) is 5.71. The lowest BCUT2D eigenvalue weighted by Crippen LogP contribution is -2.36. The summed E-state index contributed by atoms with van der Waals surface area (Å²) in [4.78, 5) is 38.4. The van der Waals surface area contributed by atoms with Gasteiger partial charge < -0.3 is 10.1 Å². The van der Waals surface area contributed by atoms with Crippen molar-refractivity contribution in [2.45, 2.75) is 13.3 Å². The molecule has 0 saturated carbocycles. The van der Waals surface area contributed by atoms with Crippen LogP contribution in [0.1, 0.15) is 18.9 Å². The van der Waals surface area contributed by atoms with Gasteiger partial charge in [-0.15, -0.1) is 0 Å². The molecule has 0 unspecified atom stereocenters. The third-order valence-corrected chi connectivity index (χ3v) is 5.79. The Balaban J connectivity index is 1.74. The van der Waals surface area contributed by atoms with Crippen LogP contribution in [0.4, 0.5) is 14.9 Å². The molecule has 1 aliphatic rings. The topological polar surface area (TPSA) is 75.7 Å². The maximum Gasteiger partial charge on any atom is 0.294 e. The van der Waals surface area contributed by atoms with E-state index in [0.717, 1.165) is 33.6 Å². The van der Waals surface area contributed by atoms with Gasteiger partial charge in [-0.3, -0.25) is 19.3 Å². The van der Waals surface area contributed by atoms with Gasteiger partial charge in [0.2, 0.25) is 5.91 Å². The van der Waals surface area contributed by atoms with Crippen molar-refractivity contribution in [2.75, 3.05) is 18.5 Å². The number of thioether (sulfide) groups is 1. The number of ether oxygens (including phenoxy) is 1. The standard InChI is InChI=1S/C21H17BrClFN2O4S/c1-2-7-30-17-6-3-13(22)8-12(17)9-18-20(28)26(21(29)31-18)11-19(27)25-14-4-5-16(24)15(23)10-14/h3-6,8-10H,2,7,11H2,1H3,(H,25,27)/b18-9+. The molecule has 1 fully saturated rings. The van der Waals surface area contributed by atoms with Crippen LogP contribution in [0.3, 0.4) is 0 Å². The van der Waals surface area contributed by atoms with Crippen molar-refractivity contribution in [3.05, 3.63) is 62.2 Å². The number of benzene rings is 2. The molecule has 6 nitrogen and oxygen atoms in total. The van der Waals surface area contributed by atoms with Crippen LogP contribution in [0.2, 0.25) is 5.02 Å². The largest absolute Gasteiger partial charge is 0.493 e. The Morgan fingerprint density at radius 2 is 2.06 bits per heavy atom. The van der Waals surface area contributed by atoms with Gasteiger partial charge in [0.25, 0.3) is 11.1 Å². The number of nitrogens with one attached hydrogen (secondary N) is 1. The van der Waals surface area contributed by atoms with Crippen molar-refractivity contribution < 1.29 is 23.5 Å². The van der Waals surface area contributed by atoms with E-state index < -0.39 is 29.4 Å². The summed E-state index contributed by atoms with van der Waals surface area (Å²) >= 11 is 9.83. The Morgan fingerprint density at radius 1 is 1.29 bits per heavy atom. The van der Waals surface area contributed by atoms with Crippen molar-refractivity contribution in [3.8, 4) is 5.75 Å². The number of amides is 3. The highest BCUT2D eigenvalue weighted by Crippen LogP contribution is 2.35. The van der Waals surface area contributed by atoms with Crippen LogP contribution < -0.4 is 10.1 Å². The first-order valence-electron chi connectivity index (χ1n) is 9.21. The van der Waals surface area contributed by atoms with Crippen LogP contribution in [-0.2, 0) is 9.59 Å². The molecule has 0 radical (unpaired) electrons. The van der Waals surface area contributed by atoms with E-state index in [1.807, 2.05) is 13.0 Å². The molecule has 2 aromatic carbocycles. The zero-order valence-corrected chi connectivity index (χ0v) is 19.4. The average molecular weight is 528 g/mol. The summed E-state index contributed by atoms with van der Waals surface area (Å²) in [5.74, 6) is -1.22. The molecule has 0 spiro atoms. The van der Waals surface area contributed by atoms with Crippen molar-refractivity contribution in [1.82, 2.24) is 4.90 Å². The second-order valence-corrected chi connectivity index (χ2v) is 8.79. The number of carbonyl (C=O) groups excluding carboxylic acids is 3. The van der Waals surface area contributed by atoms with Gasteiger partial charge in [-0.1, -0.05) is 34.5 Å². The first-order chi connectivity index (χ1) is 14.8. The van der Waals surface area contributed by atoms with Crippen molar-refractivity contribution in [2.24, 2.45) is 0 Å². The van der Waals surface area contributed by atoms with Gasteiger partial charge in [0.15, 0.2) is 0 Å². The highest BCUT2D eigenvalue weighted by atomic mass is 79.9. The number of anilines is 1. The van der Waals surface area contributed by atoms with Gasteiger partial charge in [0.1, 0.15) is 18.1 Å². The maximum atomic E-state index is 13.2. The molecule has 2 aromatic rings. The Kier molecular flexibility index (Phi) is 7.74. The Bertz CT molecular complexity index is 1080. The highest BCUT2D eigenvalue weighted by Gasteiger charge is 2.36. The van der Waals surface area contributed by atoms with Crippen LogP contribution in [0, 0.1) is 5.82 Å². The van der Waals surface area contributed by atoms with E-state index in [2.05, 4.69) is 21.2 Å². The van der Waals surface area contributed by atoms with E-state index >= 15 is 0 Å². The van der Waals surface area contributed by atoms with Crippen LogP contribution >= 0.6 is 39.3 Å². The third-order valence-electron chi connectivity index (χ3n) is 4.10. The second-order valence-electron chi connectivity index (χ2n) is 6.48. The van der Waals surface area contributed by atoms with E-state index in [0.29, 0.717) is 17.9 Å². The van der Waals surface area contributed by atoms with Crippen LogP contribution in [0.15, 0.2) is 45.8 Å². The van der Waals surface area contributed by atoms with Gasteiger partial charge in [-0.05, 0) is 60.7 Å². The number of hydrogen-bond acceptors (Lipinski definition) is 5. The Labute approximate surface area is 195 Å². The monoisotopic (exact) mass is 526 g/mol. The van der Waals surface area contributed by atoms with Gasteiger partial charge >= 0.3 is 0 Å². The lowest BCUT2D eigenvalue weighted by atomic mass is 10.2. The molecule has 10 heteroatoms. The summed E-state index contributed by atoms with van der Waals surface area (Å²) in [5, 5.41) is 1.78. The fraction of sp³-hybridized carbons (Fsp3) is 0.190. The molecule has 0 aromatic heterocycles. The fourth-order valence-electron chi connectivity index (χ4n) is 2.67. The Morgan fingerprint density at radius 3 is 2.77 bits per heavy atom. The van der Waals surface area contributed by atoms with Crippen molar-refractivity contribution >= 4 is 68.1 Å². The lowest BCUT2D eigenvalue weighted by molar-refractivity contribution is -0.127. The smallest absolute Gasteiger partial charge is 0.294 e. The summed E-state index contributed by atoms with van der Waals surface area (Å²) in [6.45, 7) is 2.01. The van der Waals surface area contributed by atoms with Gasteiger partial charge in [-0.2, -0.15) is 0 Å². The van der Waals surface area contributed by atoms with E-state index in [1.54, 1.807) is 18.2 Å². The van der Waals surface area contributed by atoms with Crippen LogP contribution in [0.25, 0.3) is 6.08 Å². The molecule has 0 aliphatic carbocycles. The van der Waals surface area contributed by atoms with Gasteiger partial charge in [0.05, 0.1) is 16.5 Å². The zero-order chi connectivity index (χ0) is 22.5. The summed E-state index contributed by atoms with van der Waals surface area (Å²) in [5.41, 5.74) is 0.893. The highest BCUT2D eigenvalue weighted by molar-refractivity contribution is 9.10. The first-order valence-corrected chi connectivity index (χ1v) is 11.2. The molecule has 1 saturated heterocycles. The molecule has 31 heavy (non-hydrogen) atoms. The number of imide groups is 1. The average Bonchev–Trinajstić information content (AvgIpc) is 2.97.